The van der Waals surface area contributed by atoms with Crippen molar-refractivity contribution in [2.45, 2.75) is 46.3 Å². The van der Waals surface area contributed by atoms with Gasteiger partial charge < -0.3 is 13.9 Å². The van der Waals surface area contributed by atoms with Crippen molar-refractivity contribution < 1.29 is 9.53 Å². The number of halogens is 1. The van der Waals surface area contributed by atoms with E-state index in [1.807, 2.05) is 45.7 Å². The summed E-state index contributed by atoms with van der Waals surface area (Å²) >= 11 is 6.35. The summed E-state index contributed by atoms with van der Waals surface area (Å²) in [5, 5.41) is 9.59. The summed E-state index contributed by atoms with van der Waals surface area (Å²) in [6, 6.07) is 13.8. The molecular formula is C22H23ClN4O2. The number of nitriles is 1. The molecule has 0 aliphatic rings. The molecule has 0 saturated heterocycles. The molecule has 3 aromatic rings. The van der Waals surface area contributed by atoms with Crippen LogP contribution in [-0.2, 0) is 29.1 Å². The van der Waals surface area contributed by atoms with Crippen LogP contribution in [0.25, 0.3) is 5.69 Å². The number of nitrogens with zero attached hydrogens (tertiary/aromatic N) is 4. The lowest BCUT2D eigenvalue weighted by molar-refractivity contribution is -0.142. The molecule has 1 aromatic carbocycles. The van der Waals surface area contributed by atoms with E-state index in [0.29, 0.717) is 23.1 Å². The number of aryl methyl sites for hydroxylation is 1. The number of esters is 1. The minimum atomic E-state index is -0.353. The lowest BCUT2D eigenvalue weighted by Gasteiger charge is -2.13. The third kappa shape index (κ3) is 4.87. The molecule has 0 aliphatic carbocycles. The van der Waals surface area contributed by atoms with E-state index in [4.69, 9.17) is 16.3 Å². The van der Waals surface area contributed by atoms with Gasteiger partial charge in [0.2, 0.25) is 0 Å². The van der Waals surface area contributed by atoms with Crippen molar-refractivity contribution >= 4 is 17.6 Å². The first-order valence-corrected chi connectivity index (χ1v) is 9.95. The van der Waals surface area contributed by atoms with Gasteiger partial charge in [-0.05, 0) is 36.2 Å². The third-order valence-corrected chi connectivity index (χ3v) is 4.99. The van der Waals surface area contributed by atoms with Gasteiger partial charge in [-0.1, -0.05) is 37.1 Å². The maximum atomic E-state index is 11.3. The highest BCUT2D eigenvalue weighted by Gasteiger charge is 2.17. The van der Waals surface area contributed by atoms with Gasteiger partial charge in [-0.15, -0.1) is 0 Å². The van der Waals surface area contributed by atoms with Crippen molar-refractivity contribution in [2.75, 3.05) is 0 Å². The van der Waals surface area contributed by atoms with Gasteiger partial charge in [0.05, 0.1) is 5.69 Å². The van der Waals surface area contributed by atoms with E-state index in [0.717, 1.165) is 36.3 Å². The minimum absolute atomic E-state index is 0.0975. The van der Waals surface area contributed by atoms with Gasteiger partial charge in [-0.2, -0.15) is 5.26 Å². The highest BCUT2D eigenvalue weighted by Crippen LogP contribution is 2.22. The molecule has 29 heavy (non-hydrogen) atoms. The van der Waals surface area contributed by atoms with Gasteiger partial charge in [0, 0.05) is 31.8 Å². The van der Waals surface area contributed by atoms with Gasteiger partial charge in [-0.25, -0.2) is 4.98 Å². The average Bonchev–Trinajstić information content (AvgIpc) is 3.30. The fraction of sp³-hybridized carbons (Fsp3) is 0.318. The van der Waals surface area contributed by atoms with E-state index < -0.39 is 0 Å². The number of hydrogen-bond donors (Lipinski definition) is 0. The molecule has 0 aliphatic heterocycles. The lowest BCUT2D eigenvalue weighted by atomic mass is 10.2. The van der Waals surface area contributed by atoms with E-state index in [-0.39, 0.29) is 12.6 Å². The van der Waals surface area contributed by atoms with Gasteiger partial charge in [-0.3, -0.25) is 4.79 Å². The molecule has 7 heteroatoms. The van der Waals surface area contributed by atoms with E-state index in [1.54, 1.807) is 6.07 Å². The van der Waals surface area contributed by atoms with Crippen molar-refractivity contribution in [3.8, 4) is 11.8 Å². The summed E-state index contributed by atoms with van der Waals surface area (Å²) in [5.74, 6) is 0.536. The first-order valence-electron chi connectivity index (χ1n) is 9.57. The summed E-state index contributed by atoms with van der Waals surface area (Å²) in [5.41, 5.74) is 3.28. The monoisotopic (exact) mass is 410 g/mol. The Hall–Kier alpha value is -3.04. The molecule has 0 bridgehead atoms. The minimum Gasteiger partial charge on any atom is -0.459 e. The van der Waals surface area contributed by atoms with Crippen LogP contribution in [0.15, 0.2) is 42.6 Å². The molecule has 2 aromatic heterocycles. The van der Waals surface area contributed by atoms with Crippen LogP contribution < -0.4 is 0 Å². The second-order valence-electron chi connectivity index (χ2n) is 6.78. The quantitative estimate of drug-likeness (QED) is 0.506. The molecule has 0 N–H and O–H groups in total. The molecular weight excluding hydrogens is 388 g/mol. The zero-order valence-electron chi connectivity index (χ0n) is 16.6. The van der Waals surface area contributed by atoms with Gasteiger partial charge in [0.1, 0.15) is 24.2 Å². The van der Waals surface area contributed by atoms with Crippen molar-refractivity contribution in [1.82, 2.24) is 14.1 Å². The van der Waals surface area contributed by atoms with Crippen LogP contribution in [-0.4, -0.2) is 20.1 Å². The summed E-state index contributed by atoms with van der Waals surface area (Å²) in [6.45, 7) is 4.18. The summed E-state index contributed by atoms with van der Waals surface area (Å²) in [4.78, 5) is 15.8. The Kier molecular flexibility index (Phi) is 6.73. The average molecular weight is 411 g/mol. The Bertz CT molecular complexity index is 1030. The van der Waals surface area contributed by atoms with Crippen molar-refractivity contribution in [1.29, 1.82) is 5.26 Å². The lowest BCUT2D eigenvalue weighted by Crippen LogP contribution is -2.11. The molecule has 0 spiro atoms. The Labute approximate surface area is 175 Å². The normalized spacial score (nSPS) is 10.7. The van der Waals surface area contributed by atoms with Crippen molar-refractivity contribution in [3.05, 3.63) is 70.5 Å². The molecule has 0 atom stereocenters. The first kappa shape index (κ1) is 20.7. The Morgan fingerprint density at radius 1 is 1.28 bits per heavy atom. The second kappa shape index (κ2) is 9.44. The molecule has 3 rings (SSSR count). The third-order valence-electron chi connectivity index (χ3n) is 4.69. The Morgan fingerprint density at radius 3 is 2.69 bits per heavy atom. The maximum absolute atomic E-state index is 11.3. The summed E-state index contributed by atoms with van der Waals surface area (Å²) in [7, 11) is 0. The number of aromatic nitrogens is 3. The van der Waals surface area contributed by atoms with E-state index in [2.05, 4.69) is 18.0 Å². The molecule has 0 radical (unpaired) electrons. The number of benzene rings is 1. The van der Waals surface area contributed by atoms with E-state index in [1.165, 1.54) is 6.92 Å². The number of unbranched alkanes of at least 4 members (excludes halogenated alkanes) is 1. The summed E-state index contributed by atoms with van der Waals surface area (Å²) < 4.78 is 9.06. The van der Waals surface area contributed by atoms with Crippen LogP contribution in [0.4, 0.5) is 0 Å². The van der Waals surface area contributed by atoms with Gasteiger partial charge in [0.15, 0.2) is 5.15 Å². The standard InChI is InChI=1S/C22H23ClN4O2/c1-3-4-7-21-25-22(23)20(15-29-16(2)28)27(21)14-17-8-10-18(11-9-17)26-12-5-6-19(26)13-24/h5-6,8-12H,3-4,7,14-15H2,1-2H3. The molecule has 0 amide bonds. The number of carbonyl (C=O) groups is 1. The van der Waals surface area contributed by atoms with Crippen molar-refractivity contribution in [2.24, 2.45) is 0 Å². The molecule has 0 saturated carbocycles. The predicted octanol–water partition coefficient (Wildman–Crippen LogP) is 4.65. The first-order chi connectivity index (χ1) is 14.0. The molecule has 0 unspecified atom stereocenters. The fourth-order valence-electron chi connectivity index (χ4n) is 3.17. The van der Waals surface area contributed by atoms with Crippen LogP contribution in [0.3, 0.4) is 0 Å². The smallest absolute Gasteiger partial charge is 0.303 e. The van der Waals surface area contributed by atoms with Crippen molar-refractivity contribution in [3.63, 3.8) is 0 Å². The number of imidazole rings is 1. The second-order valence-corrected chi connectivity index (χ2v) is 7.14. The topological polar surface area (TPSA) is 72.8 Å². The fourth-order valence-corrected chi connectivity index (χ4v) is 3.42. The van der Waals surface area contributed by atoms with Crippen LogP contribution in [0, 0.1) is 11.3 Å². The number of rotatable bonds is 8. The van der Waals surface area contributed by atoms with Gasteiger partial charge >= 0.3 is 5.97 Å². The highest BCUT2D eigenvalue weighted by atomic mass is 35.5. The molecule has 2 heterocycles. The number of carbonyl (C=O) groups excluding carboxylic acids is 1. The molecule has 6 nitrogen and oxygen atoms in total. The zero-order valence-corrected chi connectivity index (χ0v) is 17.3. The number of hydrogen-bond acceptors (Lipinski definition) is 4. The van der Waals surface area contributed by atoms with E-state index >= 15 is 0 Å². The van der Waals surface area contributed by atoms with Gasteiger partial charge in [0.25, 0.3) is 0 Å². The highest BCUT2D eigenvalue weighted by molar-refractivity contribution is 6.30. The zero-order chi connectivity index (χ0) is 20.8. The van der Waals surface area contributed by atoms with Crippen LogP contribution in [0.5, 0.6) is 0 Å². The SMILES string of the molecule is CCCCc1nc(Cl)c(COC(C)=O)n1Cc1ccc(-n2cccc2C#N)cc1. The largest absolute Gasteiger partial charge is 0.459 e. The maximum Gasteiger partial charge on any atom is 0.303 e. The van der Waals surface area contributed by atoms with Crippen LogP contribution in [0.1, 0.15) is 49.5 Å². The van der Waals surface area contributed by atoms with Crippen LogP contribution in [0.2, 0.25) is 5.15 Å². The Morgan fingerprint density at radius 2 is 2.03 bits per heavy atom. The molecule has 0 fully saturated rings. The predicted molar refractivity (Wildman–Crippen MR) is 111 cm³/mol. The number of ether oxygens (including phenoxy) is 1. The Balaban J connectivity index is 1.87. The molecule has 150 valence electrons. The van der Waals surface area contributed by atoms with Crippen LogP contribution >= 0.6 is 11.6 Å². The summed E-state index contributed by atoms with van der Waals surface area (Å²) in [6.07, 6.45) is 4.73. The van der Waals surface area contributed by atoms with E-state index in [9.17, 15) is 10.1 Å².